The van der Waals surface area contributed by atoms with Gasteiger partial charge in [0.05, 0.1) is 25.7 Å². The second kappa shape index (κ2) is 15.9. The summed E-state index contributed by atoms with van der Waals surface area (Å²) in [5, 5.41) is 9.46. The predicted octanol–water partition coefficient (Wildman–Crippen LogP) is 7.42. The molecule has 4 atom stereocenters. The lowest BCUT2D eigenvalue weighted by Crippen LogP contribution is -2.36. The van der Waals surface area contributed by atoms with Gasteiger partial charge in [-0.2, -0.15) is 24.4 Å². The van der Waals surface area contributed by atoms with Crippen molar-refractivity contribution in [3.63, 3.8) is 0 Å². The minimum atomic E-state index is -0.883. The number of hydrogen-bond donors (Lipinski definition) is 2. The molecule has 1 aliphatic carbocycles. The van der Waals surface area contributed by atoms with Crippen molar-refractivity contribution in [3.8, 4) is 11.5 Å². The molecule has 2 unspecified atom stereocenters. The molecule has 0 saturated heterocycles. The number of hydrogen-bond acceptors (Lipinski definition) is 8. The fraction of sp³-hybridized carbons (Fsp3) is 0.645. The molecular formula is C31H45NO6S2. The van der Waals surface area contributed by atoms with E-state index in [4.69, 9.17) is 31.5 Å². The summed E-state index contributed by atoms with van der Waals surface area (Å²) in [6, 6.07) is 8.12. The average molecular weight is 592 g/mol. The number of esters is 1. The first-order chi connectivity index (χ1) is 19.1. The van der Waals surface area contributed by atoms with Crippen LogP contribution in [0, 0.1) is 19.8 Å². The first kappa shape index (κ1) is 32.5. The van der Waals surface area contributed by atoms with Crippen LogP contribution in [0.15, 0.2) is 28.7 Å². The topological polar surface area (TPSA) is 98.9 Å². The Morgan fingerprint density at radius 2 is 1.90 bits per heavy atom. The van der Waals surface area contributed by atoms with Crippen LogP contribution in [0.1, 0.15) is 88.7 Å². The van der Waals surface area contributed by atoms with Crippen molar-refractivity contribution in [1.29, 1.82) is 0 Å². The Labute approximate surface area is 248 Å². The highest BCUT2D eigenvalue weighted by Gasteiger charge is 2.36. The highest BCUT2D eigenvalue weighted by atomic mass is 32.2. The Morgan fingerprint density at radius 3 is 2.58 bits per heavy atom. The van der Waals surface area contributed by atoms with Crippen molar-refractivity contribution >= 4 is 36.3 Å². The van der Waals surface area contributed by atoms with Crippen molar-refractivity contribution in [2.75, 3.05) is 12.4 Å². The molecule has 1 N–H and O–H groups in total. The second-order valence-corrected chi connectivity index (χ2v) is 13.1. The van der Waals surface area contributed by atoms with Crippen LogP contribution in [-0.4, -0.2) is 50.5 Å². The number of carbonyl (C=O) groups excluding carboxylic acids is 1. The monoisotopic (exact) mass is 591 g/mol. The van der Waals surface area contributed by atoms with Crippen LogP contribution >= 0.6 is 24.4 Å². The van der Waals surface area contributed by atoms with Crippen LogP contribution in [0.2, 0.25) is 0 Å². The van der Waals surface area contributed by atoms with E-state index in [0.29, 0.717) is 44.3 Å². The average Bonchev–Trinajstić information content (AvgIpc) is 3.30. The number of ether oxygens (including phenoxy) is 2. The maximum Gasteiger partial charge on any atom is 0.321 e. The van der Waals surface area contributed by atoms with Gasteiger partial charge in [0, 0.05) is 10.8 Å². The van der Waals surface area contributed by atoms with E-state index in [0.717, 1.165) is 54.9 Å². The largest absolute Gasteiger partial charge is 0.481 e. The number of aryl methyl sites for hydroxylation is 2. The number of carboxylic acid groups (broad SMARTS) is 1. The van der Waals surface area contributed by atoms with Gasteiger partial charge in [-0.1, -0.05) is 43.9 Å². The normalized spacial score (nSPS) is 19.6. The molecule has 0 bridgehead atoms. The molecule has 1 saturated carbocycles. The summed E-state index contributed by atoms with van der Waals surface area (Å²) in [4.78, 5) is 29.0. The molecule has 3 rings (SSSR count). The maximum atomic E-state index is 12.6. The van der Waals surface area contributed by atoms with Gasteiger partial charge in [-0.25, -0.2) is 4.98 Å². The zero-order valence-corrected chi connectivity index (χ0v) is 26.0. The predicted molar refractivity (Wildman–Crippen MR) is 163 cm³/mol. The lowest BCUT2D eigenvalue weighted by Gasteiger charge is -2.32. The Morgan fingerprint density at radius 1 is 1.18 bits per heavy atom. The third-order valence-electron chi connectivity index (χ3n) is 7.61. The van der Waals surface area contributed by atoms with Gasteiger partial charge in [0.2, 0.25) is 5.89 Å². The molecule has 222 valence electrons. The van der Waals surface area contributed by atoms with Crippen LogP contribution in [0.25, 0.3) is 11.5 Å². The van der Waals surface area contributed by atoms with E-state index in [9.17, 15) is 14.7 Å². The molecule has 7 nitrogen and oxygen atoms in total. The van der Waals surface area contributed by atoms with Gasteiger partial charge in [-0.05, 0) is 76.7 Å². The van der Waals surface area contributed by atoms with E-state index in [1.165, 1.54) is 5.56 Å². The van der Waals surface area contributed by atoms with Crippen LogP contribution < -0.4 is 0 Å². The minimum absolute atomic E-state index is 0.0572. The fourth-order valence-corrected chi connectivity index (χ4v) is 7.12. The number of benzene rings is 1. The molecule has 9 heteroatoms. The molecule has 1 aliphatic rings. The summed E-state index contributed by atoms with van der Waals surface area (Å²) < 4.78 is 16.8. The van der Waals surface area contributed by atoms with Crippen molar-refractivity contribution in [2.45, 2.75) is 108 Å². The fourth-order valence-electron chi connectivity index (χ4n) is 5.26. The summed E-state index contributed by atoms with van der Waals surface area (Å²) in [6.45, 7) is 8.48. The molecule has 40 heavy (non-hydrogen) atoms. The van der Waals surface area contributed by atoms with E-state index in [2.05, 4.69) is 6.92 Å². The first-order valence-corrected chi connectivity index (χ1v) is 16.0. The Bertz CT molecular complexity index is 1090. The number of aromatic nitrogens is 1. The molecule has 1 heterocycles. The van der Waals surface area contributed by atoms with Crippen LogP contribution in [0.3, 0.4) is 0 Å². The highest BCUT2D eigenvalue weighted by molar-refractivity contribution is 7.99. The summed E-state index contributed by atoms with van der Waals surface area (Å²) in [7, 11) is 0. The number of rotatable bonds is 16. The molecule has 0 amide bonds. The summed E-state index contributed by atoms with van der Waals surface area (Å²) >= 11 is 6.40. The zero-order chi connectivity index (χ0) is 29.1. The van der Waals surface area contributed by atoms with E-state index >= 15 is 0 Å². The smallest absolute Gasteiger partial charge is 0.321 e. The molecule has 0 aliphatic heterocycles. The number of carboxylic acids is 1. The number of thioether (sulfide) groups is 1. The number of oxazole rings is 1. The number of carbonyl (C=O) groups is 2. The number of nitrogens with zero attached hydrogens (tertiary/aromatic N) is 1. The van der Waals surface area contributed by atoms with E-state index in [1.807, 2.05) is 38.1 Å². The number of aliphatic carboxylic acids is 1. The minimum Gasteiger partial charge on any atom is -0.481 e. The van der Waals surface area contributed by atoms with Gasteiger partial charge in [-0.3, -0.25) is 9.59 Å². The van der Waals surface area contributed by atoms with E-state index in [-0.39, 0.29) is 23.7 Å². The van der Waals surface area contributed by atoms with E-state index < -0.39 is 10.7 Å². The Balaban J connectivity index is 1.59. The summed E-state index contributed by atoms with van der Waals surface area (Å²) in [5.74, 6) is 1.39. The zero-order valence-electron chi connectivity index (χ0n) is 24.3. The van der Waals surface area contributed by atoms with Crippen LogP contribution in [0.4, 0.5) is 0 Å². The van der Waals surface area contributed by atoms with Gasteiger partial charge in [-0.15, -0.1) is 0 Å². The van der Waals surface area contributed by atoms with Gasteiger partial charge < -0.3 is 19.0 Å². The molecule has 1 aromatic carbocycles. The van der Waals surface area contributed by atoms with Crippen molar-refractivity contribution in [2.24, 2.45) is 5.92 Å². The number of thiol groups is 1. The molecule has 1 fully saturated rings. The van der Waals surface area contributed by atoms with Crippen LogP contribution in [-0.2, 0) is 25.7 Å². The van der Waals surface area contributed by atoms with Gasteiger partial charge >= 0.3 is 11.9 Å². The third-order valence-corrected chi connectivity index (χ3v) is 9.74. The van der Waals surface area contributed by atoms with Crippen molar-refractivity contribution in [1.82, 2.24) is 4.98 Å². The van der Waals surface area contributed by atoms with E-state index in [1.54, 1.807) is 18.7 Å². The van der Waals surface area contributed by atoms with Gasteiger partial charge in [0.25, 0.3) is 0 Å². The SMILES string of the molecule is CCCC(S)(CCC(CC(=O)O)SC[C@@H]1CCCC[C@@H]1OCc1nc(-c2ccc(C)cc2)oc1C)C(=O)OCC. The standard InChI is InChI=1S/C31H45NO6S2/c1-5-16-31(39,30(35)36-6-2)17-15-25(18-28(33)34)40-20-24-9-7-8-10-27(24)37-19-26-22(4)38-29(32-26)23-13-11-21(3)12-14-23/h11-14,24-25,27,39H,5-10,15-20H2,1-4H3,(H,33,34)/t24-,25?,27-,31?/m0/s1. The second-order valence-electron chi connectivity index (χ2n) is 10.9. The Kier molecular flexibility index (Phi) is 12.9. The lowest BCUT2D eigenvalue weighted by molar-refractivity contribution is -0.146. The van der Waals surface area contributed by atoms with Crippen molar-refractivity contribution < 1.29 is 28.6 Å². The van der Waals surface area contributed by atoms with Crippen LogP contribution in [0.5, 0.6) is 0 Å². The first-order valence-electron chi connectivity index (χ1n) is 14.5. The van der Waals surface area contributed by atoms with Crippen molar-refractivity contribution in [3.05, 3.63) is 41.3 Å². The quantitative estimate of drug-likeness (QED) is 0.154. The van der Waals surface area contributed by atoms with Gasteiger partial charge in [0.1, 0.15) is 16.2 Å². The molecule has 0 radical (unpaired) electrons. The molecule has 1 aromatic heterocycles. The molecular weight excluding hydrogens is 546 g/mol. The van der Waals surface area contributed by atoms with Gasteiger partial charge in [0.15, 0.2) is 0 Å². The maximum absolute atomic E-state index is 12.6. The highest BCUT2D eigenvalue weighted by Crippen LogP contribution is 2.36. The summed E-state index contributed by atoms with van der Waals surface area (Å²) in [5.41, 5.74) is 2.95. The molecule has 2 aromatic rings. The summed E-state index contributed by atoms with van der Waals surface area (Å²) in [6.07, 6.45) is 6.95. The Hall–Kier alpha value is -1.97. The molecule has 0 spiro atoms. The third kappa shape index (κ3) is 9.55. The lowest BCUT2D eigenvalue weighted by atomic mass is 9.88.